The summed E-state index contributed by atoms with van der Waals surface area (Å²) in [5.41, 5.74) is 6.19. The minimum atomic E-state index is 0.270. The summed E-state index contributed by atoms with van der Waals surface area (Å²) in [6.07, 6.45) is 0. The molecule has 8 aromatic rings. The first-order valence-corrected chi connectivity index (χ1v) is 14.2. The van der Waals surface area contributed by atoms with Gasteiger partial charge in [0.25, 0.3) is 0 Å². The van der Waals surface area contributed by atoms with Gasteiger partial charge in [-0.1, -0.05) is 133 Å². The first-order chi connectivity index (χ1) is 20.7. The van der Waals surface area contributed by atoms with Gasteiger partial charge in [0.05, 0.1) is 22.2 Å². The average molecular weight is 582 g/mol. The number of para-hydroxylation sites is 2. The van der Waals surface area contributed by atoms with Crippen molar-refractivity contribution in [1.82, 2.24) is 19.9 Å². The van der Waals surface area contributed by atoms with Crippen LogP contribution in [0.5, 0.6) is 0 Å². The quantitative estimate of drug-likeness (QED) is 0.151. The molecule has 6 aromatic carbocycles. The first kappa shape index (κ1) is 26.0. The van der Waals surface area contributed by atoms with Crippen molar-refractivity contribution in [2.75, 3.05) is 0 Å². The average Bonchev–Trinajstić information content (AvgIpc) is 3.05. The Morgan fingerprint density at radius 1 is 0.381 bits per heavy atom. The van der Waals surface area contributed by atoms with Crippen molar-refractivity contribution in [3.63, 3.8) is 0 Å². The van der Waals surface area contributed by atoms with Crippen LogP contribution in [0.25, 0.3) is 66.0 Å². The second kappa shape index (κ2) is 11.2. The van der Waals surface area contributed by atoms with Gasteiger partial charge in [-0.05, 0) is 39.9 Å². The molecular formula is C36H22Cl2N4. The third kappa shape index (κ3) is 4.81. The lowest BCUT2D eigenvalue weighted by molar-refractivity contribution is 1.23. The van der Waals surface area contributed by atoms with E-state index in [1.54, 1.807) is 0 Å². The van der Waals surface area contributed by atoms with Crippen molar-refractivity contribution >= 4 is 66.7 Å². The van der Waals surface area contributed by atoms with Gasteiger partial charge >= 0.3 is 0 Å². The second-order valence-electron chi connectivity index (χ2n) is 9.74. The number of hydrogen-bond acceptors (Lipinski definition) is 4. The predicted octanol–water partition coefficient (Wildman–Crippen LogP) is 10.2. The van der Waals surface area contributed by atoms with E-state index in [0.717, 1.165) is 55.2 Å². The Labute approximate surface area is 252 Å². The van der Waals surface area contributed by atoms with Crippen LogP contribution in [0, 0.1) is 0 Å². The van der Waals surface area contributed by atoms with Gasteiger partial charge in [0, 0.05) is 21.9 Å². The Morgan fingerprint density at radius 2 is 0.857 bits per heavy atom. The highest BCUT2D eigenvalue weighted by Crippen LogP contribution is 2.38. The van der Waals surface area contributed by atoms with Gasteiger partial charge in [0.15, 0.2) is 5.15 Å². The van der Waals surface area contributed by atoms with Crippen LogP contribution in [-0.4, -0.2) is 19.9 Å². The van der Waals surface area contributed by atoms with Crippen LogP contribution in [0.15, 0.2) is 133 Å². The molecule has 0 radical (unpaired) electrons. The molecule has 0 unspecified atom stereocenters. The summed E-state index contributed by atoms with van der Waals surface area (Å²) < 4.78 is 0. The summed E-state index contributed by atoms with van der Waals surface area (Å²) in [7, 11) is 0. The van der Waals surface area contributed by atoms with E-state index in [0.29, 0.717) is 5.15 Å². The summed E-state index contributed by atoms with van der Waals surface area (Å²) >= 11 is 12.5. The zero-order valence-electron chi connectivity index (χ0n) is 22.2. The number of rotatable bonds is 2. The lowest BCUT2D eigenvalue weighted by atomic mass is 9.94. The van der Waals surface area contributed by atoms with Gasteiger partial charge < -0.3 is 0 Å². The van der Waals surface area contributed by atoms with Crippen molar-refractivity contribution < 1.29 is 0 Å². The fourth-order valence-corrected chi connectivity index (χ4v) is 5.72. The maximum Gasteiger partial charge on any atom is 0.223 e. The molecule has 2 heterocycles. The molecule has 0 aliphatic heterocycles. The standard InChI is InChI=1S/C22H13ClN2.C14H9ClN2/c23-22-24-20(14-8-2-1-3-9-14)19-17-12-6-4-10-15(17)16-11-5-7-13-18(16)21(19)25-22;15-14-13(10-6-2-1-3-7-10)16-11-8-4-5-9-12(11)17-14/h1-13H;1-9H. The van der Waals surface area contributed by atoms with E-state index in [9.17, 15) is 0 Å². The highest BCUT2D eigenvalue weighted by molar-refractivity contribution is 6.32. The van der Waals surface area contributed by atoms with Crippen molar-refractivity contribution in [2.24, 2.45) is 0 Å². The number of hydrogen-bond donors (Lipinski definition) is 0. The van der Waals surface area contributed by atoms with E-state index in [1.807, 2.05) is 78.9 Å². The molecule has 0 fully saturated rings. The second-order valence-corrected chi connectivity index (χ2v) is 10.4. The minimum absolute atomic E-state index is 0.270. The van der Waals surface area contributed by atoms with Crippen molar-refractivity contribution in [2.45, 2.75) is 0 Å². The lowest BCUT2D eigenvalue weighted by Crippen LogP contribution is -1.94. The van der Waals surface area contributed by atoms with Crippen LogP contribution in [0.2, 0.25) is 10.4 Å². The maximum absolute atomic E-state index is 6.30. The predicted molar refractivity (Wildman–Crippen MR) is 175 cm³/mol. The van der Waals surface area contributed by atoms with Crippen LogP contribution in [0.3, 0.4) is 0 Å². The third-order valence-corrected chi connectivity index (χ3v) is 7.61. The number of benzene rings is 6. The lowest BCUT2D eigenvalue weighted by Gasteiger charge is -2.13. The largest absolute Gasteiger partial charge is 0.243 e. The van der Waals surface area contributed by atoms with E-state index in [1.165, 1.54) is 10.8 Å². The molecule has 0 aliphatic rings. The minimum Gasteiger partial charge on any atom is -0.243 e. The molecular weight excluding hydrogens is 559 g/mol. The summed E-state index contributed by atoms with van der Waals surface area (Å²) in [6, 6.07) is 44.4. The fraction of sp³-hybridized carbons (Fsp3) is 0. The molecule has 2 aromatic heterocycles. The zero-order valence-corrected chi connectivity index (χ0v) is 23.8. The Hall–Kier alpha value is -4.90. The molecule has 0 saturated carbocycles. The topological polar surface area (TPSA) is 51.6 Å². The molecule has 0 saturated heterocycles. The number of halogens is 2. The van der Waals surface area contributed by atoms with E-state index < -0.39 is 0 Å². The van der Waals surface area contributed by atoms with Crippen LogP contribution >= 0.6 is 23.2 Å². The fourth-order valence-electron chi connectivity index (χ4n) is 5.31. The van der Waals surface area contributed by atoms with E-state index >= 15 is 0 Å². The first-order valence-electron chi connectivity index (χ1n) is 13.5. The Morgan fingerprint density at radius 3 is 1.50 bits per heavy atom. The molecule has 0 atom stereocenters. The van der Waals surface area contributed by atoms with Gasteiger partial charge in [-0.25, -0.2) is 19.9 Å². The van der Waals surface area contributed by atoms with Gasteiger partial charge in [-0.3, -0.25) is 0 Å². The molecule has 0 N–H and O–H groups in total. The molecule has 200 valence electrons. The SMILES string of the molecule is Clc1nc(-c2ccccc2)c2c3ccccc3c3ccccc3c2n1.Clc1nc2ccccc2nc1-c1ccccc1. The van der Waals surface area contributed by atoms with Crippen LogP contribution in [0.1, 0.15) is 0 Å². The van der Waals surface area contributed by atoms with Gasteiger partial charge in [-0.15, -0.1) is 0 Å². The van der Waals surface area contributed by atoms with Crippen molar-refractivity contribution in [3.05, 3.63) is 144 Å². The van der Waals surface area contributed by atoms with Gasteiger partial charge in [0.2, 0.25) is 5.28 Å². The highest BCUT2D eigenvalue weighted by atomic mass is 35.5. The molecule has 8 rings (SSSR count). The number of nitrogens with zero attached hydrogens (tertiary/aromatic N) is 4. The molecule has 0 bridgehead atoms. The zero-order chi connectivity index (χ0) is 28.5. The summed E-state index contributed by atoms with van der Waals surface area (Å²) in [6.45, 7) is 0. The summed E-state index contributed by atoms with van der Waals surface area (Å²) in [4.78, 5) is 18.1. The van der Waals surface area contributed by atoms with E-state index in [2.05, 4.69) is 74.5 Å². The smallest absolute Gasteiger partial charge is 0.223 e. The third-order valence-electron chi connectivity index (χ3n) is 7.17. The van der Waals surface area contributed by atoms with Gasteiger partial charge in [0.1, 0.15) is 5.69 Å². The summed E-state index contributed by atoms with van der Waals surface area (Å²) in [5.74, 6) is 0. The van der Waals surface area contributed by atoms with Crippen LogP contribution in [-0.2, 0) is 0 Å². The van der Waals surface area contributed by atoms with Crippen LogP contribution in [0.4, 0.5) is 0 Å². The Kier molecular flexibility index (Phi) is 6.92. The number of aromatic nitrogens is 4. The monoisotopic (exact) mass is 580 g/mol. The van der Waals surface area contributed by atoms with Crippen LogP contribution < -0.4 is 0 Å². The van der Waals surface area contributed by atoms with E-state index in [4.69, 9.17) is 23.2 Å². The summed E-state index contributed by atoms with van der Waals surface area (Å²) in [5, 5.41) is 6.38. The van der Waals surface area contributed by atoms with Crippen molar-refractivity contribution in [3.8, 4) is 22.5 Å². The maximum atomic E-state index is 6.30. The Bertz CT molecular complexity index is 2220. The number of fused-ring (bicyclic) bond motifs is 7. The normalized spacial score (nSPS) is 11.1. The molecule has 0 aliphatic carbocycles. The van der Waals surface area contributed by atoms with Crippen molar-refractivity contribution in [1.29, 1.82) is 0 Å². The van der Waals surface area contributed by atoms with Gasteiger partial charge in [-0.2, -0.15) is 0 Å². The van der Waals surface area contributed by atoms with E-state index in [-0.39, 0.29) is 5.28 Å². The molecule has 6 heteroatoms. The molecule has 4 nitrogen and oxygen atoms in total. The molecule has 42 heavy (non-hydrogen) atoms. The highest BCUT2D eigenvalue weighted by Gasteiger charge is 2.16. The Balaban J connectivity index is 0.000000148. The molecule has 0 amide bonds. The molecule has 0 spiro atoms.